The largest absolute Gasteiger partial charge is 0.482 e. The molecule has 7 heteroatoms. The van der Waals surface area contributed by atoms with Crippen LogP contribution < -0.4 is 10.1 Å². The van der Waals surface area contributed by atoms with Crippen molar-refractivity contribution in [1.82, 2.24) is 4.98 Å². The van der Waals surface area contributed by atoms with Gasteiger partial charge in [-0.3, -0.25) is 10.1 Å². The molecule has 0 aliphatic carbocycles. The summed E-state index contributed by atoms with van der Waals surface area (Å²) >= 11 is 10.7. The minimum absolute atomic E-state index is 0.128. The van der Waals surface area contributed by atoms with E-state index in [9.17, 15) is 4.79 Å². The Balaban J connectivity index is 1.59. The van der Waals surface area contributed by atoms with E-state index >= 15 is 0 Å². The summed E-state index contributed by atoms with van der Waals surface area (Å²) in [7, 11) is 0. The number of halogens is 2. The first kappa shape index (κ1) is 17.0. The molecule has 0 saturated carbocycles. The van der Waals surface area contributed by atoms with E-state index < -0.39 is 0 Å². The lowest BCUT2D eigenvalue weighted by molar-refractivity contribution is -0.118. The predicted octanol–water partition coefficient (Wildman–Crippen LogP) is 5.24. The second kappa shape index (κ2) is 7.79. The standard InChI is InChI=1S/C17H12BrClN2O2S/c18-12-7-5-11(6-8-12)14-10-24-17(20-14)21-16(22)9-23-15-4-2-1-3-13(15)19/h1-8,10H,9H2,(H,20,21,22). The van der Waals surface area contributed by atoms with Gasteiger partial charge in [-0.1, -0.05) is 51.8 Å². The van der Waals surface area contributed by atoms with Crippen LogP contribution in [0.3, 0.4) is 0 Å². The Morgan fingerprint density at radius 2 is 1.96 bits per heavy atom. The number of benzene rings is 2. The van der Waals surface area contributed by atoms with Gasteiger partial charge in [0.2, 0.25) is 0 Å². The molecule has 1 N–H and O–H groups in total. The van der Waals surface area contributed by atoms with E-state index in [0.717, 1.165) is 15.7 Å². The number of carbonyl (C=O) groups is 1. The Bertz CT molecular complexity index is 852. The summed E-state index contributed by atoms with van der Waals surface area (Å²) in [5.74, 6) is 0.190. The van der Waals surface area contributed by atoms with Gasteiger partial charge in [-0.05, 0) is 24.3 Å². The molecule has 122 valence electrons. The number of nitrogens with zero attached hydrogens (tertiary/aromatic N) is 1. The average Bonchev–Trinajstić information content (AvgIpc) is 3.03. The topological polar surface area (TPSA) is 51.2 Å². The van der Waals surface area contributed by atoms with Crippen molar-refractivity contribution in [2.75, 3.05) is 11.9 Å². The van der Waals surface area contributed by atoms with E-state index in [-0.39, 0.29) is 12.5 Å². The Morgan fingerprint density at radius 3 is 2.71 bits per heavy atom. The van der Waals surface area contributed by atoms with E-state index in [2.05, 4.69) is 26.2 Å². The lowest BCUT2D eigenvalue weighted by atomic mass is 10.2. The van der Waals surface area contributed by atoms with Gasteiger partial charge in [-0.25, -0.2) is 4.98 Å². The molecule has 4 nitrogen and oxygen atoms in total. The molecule has 0 saturated heterocycles. The molecule has 1 aromatic heterocycles. The van der Waals surface area contributed by atoms with Gasteiger partial charge < -0.3 is 4.74 Å². The zero-order chi connectivity index (χ0) is 16.9. The molecule has 24 heavy (non-hydrogen) atoms. The fourth-order valence-corrected chi connectivity index (χ4v) is 3.14. The van der Waals surface area contributed by atoms with Crippen LogP contribution in [-0.4, -0.2) is 17.5 Å². The van der Waals surface area contributed by atoms with Gasteiger partial charge in [-0.2, -0.15) is 0 Å². The van der Waals surface area contributed by atoms with E-state index in [1.54, 1.807) is 24.3 Å². The fourth-order valence-electron chi connectivity index (χ4n) is 1.94. The summed E-state index contributed by atoms with van der Waals surface area (Å²) < 4.78 is 6.41. The first-order valence-electron chi connectivity index (χ1n) is 7.00. The quantitative estimate of drug-likeness (QED) is 0.610. The van der Waals surface area contributed by atoms with Crippen molar-refractivity contribution in [2.24, 2.45) is 0 Å². The zero-order valence-electron chi connectivity index (χ0n) is 12.3. The normalized spacial score (nSPS) is 10.4. The van der Waals surface area contributed by atoms with Crippen LogP contribution in [0.5, 0.6) is 5.75 Å². The Kier molecular flexibility index (Phi) is 5.50. The molecule has 0 aliphatic rings. The lowest BCUT2D eigenvalue weighted by Gasteiger charge is -2.07. The molecule has 1 amide bonds. The third kappa shape index (κ3) is 4.35. The van der Waals surface area contributed by atoms with Gasteiger partial charge in [0.25, 0.3) is 5.91 Å². The number of hydrogen-bond donors (Lipinski definition) is 1. The third-order valence-corrected chi connectivity index (χ3v) is 4.68. The molecular formula is C17H12BrClN2O2S. The summed E-state index contributed by atoms with van der Waals surface area (Å²) in [5.41, 5.74) is 1.80. The van der Waals surface area contributed by atoms with Crippen molar-refractivity contribution in [1.29, 1.82) is 0 Å². The van der Waals surface area contributed by atoms with Crippen LogP contribution in [0, 0.1) is 0 Å². The molecule has 0 unspecified atom stereocenters. The Hall–Kier alpha value is -1.89. The number of amides is 1. The summed E-state index contributed by atoms with van der Waals surface area (Å²) in [4.78, 5) is 16.4. The Labute approximate surface area is 156 Å². The molecule has 0 aliphatic heterocycles. The molecule has 0 atom stereocenters. The van der Waals surface area contributed by atoms with Crippen LogP contribution in [-0.2, 0) is 4.79 Å². The molecule has 2 aromatic carbocycles. The van der Waals surface area contributed by atoms with E-state index in [0.29, 0.717) is 15.9 Å². The number of aromatic nitrogens is 1. The van der Waals surface area contributed by atoms with Crippen molar-refractivity contribution < 1.29 is 9.53 Å². The summed E-state index contributed by atoms with van der Waals surface area (Å²) in [6.45, 7) is -0.128. The average molecular weight is 424 g/mol. The fraction of sp³-hybridized carbons (Fsp3) is 0.0588. The molecule has 1 heterocycles. The van der Waals surface area contributed by atoms with E-state index in [1.165, 1.54) is 11.3 Å². The molecule has 3 rings (SSSR count). The van der Waals surface area contributed by atoms with Crippen LogP contribution in [0.2, 0.25) is 5.02 Å². The van der Waals surface area contributed by atoms with Gasteiger partial charge in [0.1, 0.15) is 5.75 Å². The van der Waals surface area contributed by atoms with Crippen LogP contribution in [0.4, 0.5) is 5.13 Å². The second-order valence-electron chi connectivity index (χ2n) is 4.81. The predicted molar refractivity (Wildman–Crippen MR) is 101 cm³/mol. The number of hydrogen-bond acceptors (Lipinski definition) is 4. The van der Waals surface area contributed by atoms with Gasteiger partial charge >= 0.3 is 0 Å². The zero-order valence-corrected chi connectivity index (χ0v) is 15.5. The minimum Gasteiger partial charge on any atom is -0.482 e. The molecular weight excluding hydrogens is 412 g/mol. The number of nitrogens with one attached hydrogen (secondary N) is 1. The van der Waals surface area contributed by atoms with Gasteiger partial charge in [0, 0.05) is 15.4 Å². The number of para-hydroxylation sites is 1. The van der Waals surface area contributed by atoms with Crippen molar-refractivity contribution >= 4 is 49.9 Å². The first-order chi connectivity index (χ1) is 11.6. The van der Waals surface area contributed by atoms with Crippen LogP contribution >= 0.6 is 38.9 Å². The highest BCUT2D eigenvalue weighted by molar-refractivity contribution is 9.10. The number of rotatable bonds is 5. The Morgan fingerprint density at radius 1 is 1.21 bits per heavy atom. The first-order valence-corrected chi connectivity index (χ1v) is 9.05. The van der Waals surface area contributed by atoms with Gasteiger partial charge in [0.15, 0.2) is 11.7 Å². The number of anilines is 1. The molecule has 0 bridgehead atoms. The highest BCUT2D eigenvalue weighted by Crippen LogP contribution is 2.26. The maximum Gasteiger partial charge on any atom is 0.264 e. The van der Waals surface area contributed by atoms with Crippen LogP contribution in [0.15, 0.2) is 58.4 Å². The summed E-state index contributed by atoms with van der Waals surface area (Å²) in [5, 5.41) is 5.62. The smallest absolute Gasteiger partial charge is 0.264 e. The van der Waals surface area contributed by atoms with E-state index in [1.807, 2.05) is 29.6 Å². The summed E-state index contributed by atoms with van der Waals surface area (Å²) in [6.07, 6.45) is 0. The monoisotopic (exact) mass is 422 g/mol. The highest BCUT2D eigenvalue weighted by Gasteiger charge is 2.09. The minimum atomic E-state index is -0.286. The van der Waals surface area contributed by atoms with Crippen LogP contribution in [0.25, 0.3) is 11.3 Å². The second-order valence-corrected chi connectivity index (χ2v) is 6.99. The number of carbonyl (C=O) groups excluding carboxylic acids is 1. The molecule has 0 radical (unpaired) electrons. The summed E-state index contributed by atoms with van der Waals surface area (Å²) in [6, 6.07) is 14.8. The SMILES string of the molecule is O=C(COc1ccccc1Cl)Nc1nc(-c2ccc(Br)cc2)cs1. The maximum atomic E-state index is 12.0. The molecule has 0 spiro atoms. The molecule has 0 fully saturated rings. The molecule has 3 aromatic rings. The van der Waals surface area contributed by atoms with Crippen molar-refractivity contribution in [3.63, 3.8) is 0 Å². The van der Waals surface area contributed by atoms with Crippen molar-refractivity contribution in [3.05, 3.63) is 63.4 Å². The maximum absolute atomic E-state index is 12.0. The van der Waals surface area contributed by atoms with Crippen molar-refractivity contribution in [3.8, 4) is 17.0 Å². The third-order valence-electron chi connectivity index (χ3n) is 3.09. The van der Waals surface area contributed by atoms with Crippen LogP contribution in [0.1, 0.15) is 0 Å². The highest BCUT2D eigenvalue weighted by atomic mass is 79.9. The lowest BCUT2D eigenvalue weighted by Crippen LogP contribution is -2.20. The van der Waals surface area contributed by atoms with Gasteiger partial charge in [0.05, 0.1) is 10.7 Å². The van der Waals surface area contributed by atoms with Gasteiger partial charge in [-0.15, -0.1) is 11.3 Å². The van der Waals surface area contributed by atoms with Crippen molar-refractivity contribution in [2.45, 2.75) is 0 Å². The number of thiazole rings is 1. The number of ether oxygens (including phenoxy) is 1. The van der Waals surface area contributed by atoms with E-state index in [4.69, 9.17) is 16.3 Å².